The first kappa shape index (κ1) is 26.6. The van der Waals surface area contributed by atoms with Gasteiger partial charge in [-0.3, -0.25) is 4.98 Å². The van der Waals surface area contributed by atoms with Crippen LogP contribution in [0.25, 0.3) is 10.9 Å². The number of aromatic nitrogens is 3. The zero-order valence-corrected chi connectivity index (χ0v) is 24.4. The van der Waals surface area contributed by atoms with E-state index in [4.69, 9.17) is 19.4 Å². The predicted octanol–water partition coefficient (Wildman–Crippen LogP) is 6.13. The monoisotopic (exact) mass is 552 g/mol. The zero-order valence-electron chi connectivity index (χ0n) is 24.4. The maximum atomic E-state index is 10.0. The number of fused-ring (bicyclic) bond motifs is 1. The average Bonchev–Trinajstić information content (AvgIpc) is 3.67. The van der Waals surface area contributed by atoms with Crippen LogP contribution in [0.5, 0.6) is 0 Å². The molecule has 3 heterocycles. The van der Waals surface area contributed by atoms with Gasteiger partial charge in [0.25, 0.3) is 0 Å². The van der Waals surface area contributed by atoms with E-state index in [-0.39, 0.29) is 0 Å². The maximum Gasteiger partial charge on any atom is 0.517 e. The highest BCUT2D eigenvalue weighted by Gasteiger charge is 2.54. The summed E-state index contributed by atoms with van der Waals surface area (Å²) in [6.45, 7) is 8.21. The Morgan fingerprint density at radius 2 is 1.26 bits per heavy atom. The van der Waals surface area contributed by atoms with Crippen molar-refractivity contribution < 1.29 is 9.31 Å². The summed E-state index contributed by atoms with van der Waals surface area (Å²) in [7, 11) is -0.689. The first-order valence-corrected chi connectivity index (χ1v) is 14.5. The van der Waals surface area contributed by atoms with E-state index in [0.717, 1.165) is 46.1 Å². The molecule has 0 unspecified atom stereocenters. The molecule has 2 fully saturated rings. The van der Waals surface area contributed by atoms with Crippen molar-refractivity contribution >= 4 is 23.6 Å². The normalized spacial score (nSPS) is 18.6. The second-order valence-corrected chi connectivity index (χ2v) is 12.5. The molecule has 0 amide bonds. The molecule has 6 nitrogen and oxygen atoms in total. The Morgan fingerprint density at radius 3 is 1.69 bits per heavy atom. The molecule has 3 aromatic carbocycles. The molecular formula is C35H33BN4O2. The summed E-state index contributed by atoms with van der Waals surface area (Å²) in [4.78, 5) is 4.90. The van der Waals surface area contributed by atoms with Gasteiger partial charge < -0.3 is 9.31 Å². The molecule has 7 rings (SSSR count). The first-order chi connectivity index (χ1) is 20.2. The van der Waals surface area contributed by atoms with Crippen molar-refractivity contribution in [3.8, 4) is 6.07 Å². The van der Waals surface area contributed by atoms with Gasteiger partial charge in [0.15, 0.2) is 0 Å². The molecule has 0 radical (unpaired) electrons. The molecule has 0 bridgehead atoms. The van der Waals surface area contributed by atoms with Crippen molar-refractivity contribution in [1.82, 2.24) is 14.8 Å². The number of hydrogen-bond donors (Lipinski definition) is 0. The lowest BCUT2D eigenvalue weighted by Gasteiger charge is -2.37. The van der Waals surface area contributed by atoms with E-state index in [9.17, 15) is 5.26 Å². The summed E-state index contributed by atoms with van der Waals surface area (Å²) in [6, 6.07) is 36.0. The fourth-order valence-electron chi connectivity index (χ4n) is 6.14. The van der Waals surface area contributed by atoms with Gasteiger partial charge in [-0.05, 0) is 63.3 Å². The van der Waals surface area contributed by atoms with Gasteiger partial charge in [-0.15, -0.1) is 0 Å². The predicted molar refractivity (Wildman–Crippen MR) is 164 cm³/mol. The van der Waals surface area contributed by atoms with Crippen molar-refractivity contribution in [2.24, 2.45) is 0 Å². The van der Waals surface area contributed by atoms with Crippen LogP contribution in [0.3, 0.4) is 0 Å². The summed E-state index contributed by atoms with van der Waals surface area (Å²) in [5.41, 5.74) is 3.04. The standard InChI is InChI=1S/C35H33BN4O2/c1-32(2)33(3,4)42-36(41-32)31-28-22-30(34(24-37)20-21-34)38-23-29(28)40(39-31)35(25-14-8-5-9-15-25,26-16-10-6-11-17-26)27-18-12-7-13-19-27/h5-19,22-23H,20-21H2,1-4H3. The lowest BCUT2D eigenvalue weighted by atomic mass is 9.77. The van der Waals surface area contributed by atoms with Gasteiger partial charge in [-0.2, -0.15) is 10.4 Å². The molecule has 1 aliphatic carbocycles. The molecule has 2 aromatic heterocycles. The van der Waals surface area contributed by atoms with Crippen LogP contribution in [0, 0.1) is 11.3 Å². The van der Waals surface area contributed by atoms with E-state index in [1.54, 1.807) is 0 Å². The van der Waals surface area contributed by atoms with E-state index in [1.807, 2.05) is 30.5 Å². The number of hydrogen-bond acceptors (Lipinski definition) is 5. The van der Waals surface area contributed by atoms with Crippen LogP contribution in [0.1, 0.15) is 62.9 Å². The van der Waals surface area contributed by atoms with Gasteiger partial charge in [-0.25, -0.2) is 4.68 Å². The van der Waals surface area contributed by atoms with Gasteiger partial charge in [0.05, 0.1) is 40.1 Å². The van der Waals surface area contributed by atoms with E-state index < -0.39 is 29.3 Å². The van der Waals surface area contributed by atoms with Gasteiger partial charge in [0, 0.05) is 5.39 Å². The maximum absolute atomic E-state index is 10.0. The summed E-state index contributed by atoms with van der Waals surface area (Å²) in [5.74, 6) is 0. The molecule has 42 heavy (non-hydrogen) atoms. The number of benzene rings is 3. The van der Waals surface area contributed by atoms with Gasteiger partial charge in [-0.1, -0.05) is 91.0 Å². The summed E-state index contributed by atoms with van der Waals surface area (Å²) < 4.78 is 15.3. The van der Waals surface area contributed by atoms with E-state index >= 15 is 0 Å². The molecule has 208 valence electrons. The minimum absolute atomic E-state index is 0.538. The topological polar surface area (TPSA) is 73.0 Å². The summed E-state index contributed by atoms with van der Waals surface area (Å²) in [5, 5.41) is 16.3. The Balaban J connectivity index is 1.58. The molecule has 0 N–H and O–H groups in total. The minimum Gasteiger partial charge on any atom is -0.398 e. The molecule has 1 aliphatic heterocycles. The van der Waals surface area contributed by atoms with Crippen molar-refractivity contribution in [1.29, 1.82) is 5.26 Å². The number of pyridine rings is 1. The number of nitrogens with zero attached hydrogens (tertiary/aromatic N) is 4. The van der Waals surface area contributed by atoms with E-state index in [0.29, 0.717) is 5.59 Å². The van der Waals surface area contributed by atoms with Crippen molar-refractivity contribution in [3.63, 3.8) is 0 Å². The van der Waals surface area contributed by atoms with Crippen LogP contribution in [0.4, 0.5) is 0 Å². The van der Waals surface area contributed by atoms with E-state index in [2.05, 4.69) is 111 Å². The van der Waals surface area contributed by atoms with Gasteiger partial charge in [0.1, 0.15) is 11.1 Å². The molecule has 1 saturated carbocycles. The Kier molecular flexibility index (Phi) is 5.95. The Bertz CT molecular complexity index is 1690. The molecule has 7 heteroatoms. The van der Waals surface area contributed by atoms with Crippen LogP contribution >= 0.6 is 0 Å². The van der Waals surface area contributed by atoms with E-state index in [1.165, 1.54) is 0 Å². The molecule has 5 aromatic rings. The third-order valence-electron chi connectivity index (χ3n) is 9.42. The molecule has 0 spiro atoms. The molecular weight excluding hydrogens is 519 g/mol. The lowest BCUT2D eigenvalue weighted by Crippen LogP contribution is -2.41. The highest BCUT2D eigenvalue weighted by molar-refractivity contribution is 6.64. The molecule has 0 atom stereocenters. The van der Waals surface area contributed by atoms with Crippen LogP contribution in [-0.4, -0.2) is 33.1 Å². The second-order valence-electron chi connectivity index (χ2n) is 12.5. The Hall–Kier alpha value is -4.25. The Labute approximate surface area is 247 Å². The van der Waals surface area contributed by atoms with Gasteiger partial charge >= 0.3 is 7.12 Å². The fraction of sp³-hybridized carbons (Fsp3) is 0.286. The molecule has 1 saturated heterocycles. The highest BCUT2D eigenvalue weighted by Crippen LogP contribution is 2.48. The fourth-order valence-corrected chi connectivity index (χ4v) is 6.14. The van der Waals surface area contributed by atoms with Crippen molar-refractivity contribution in [2.75, 3.05) is 0 Å². The SMILES string of the molecule is CC1(C)OB(c2nn(C(c3ccccc3)(c3ccccc3)c3ccccc3)c3cnc(C4(C#N)CC4)cc23)OC1(C)C. The van der Waals surface area contributed by atoms with Crippen LogP contribution in [0.2, 0.25) is 0 Å². The third-order valence-corrected chi connectivity index (χ3v) is 9.42. The summed E-state index contributed by atoms with van der Waals surface area (Å²) in [6.07, 6.45) is 3.50. The minimum atomic E-state index is -0.834. The average molecular weight is 552 g/mol. The first-order valence-electron chi connectivity index (χ1n) is 14.5. The van der Waals surface area contributed by atoms with Crippen molar-refractivity contribution in [3.05, 3.63) is 126 Å². The Morgan fingerprint density at radius 1 is 0.786 bits per heavy atom. The number of rotatable bonds is 6. The van der Waals surface area contributed by atoms with Gasteiger partial charge in [0.2, 0.25) is 0 Å². The van der Waals surface area contributed by atoms with Crippen LogP contribution < -0.4 is 5.59 Å². The third kappa shape index (κ3) is 3.86. The zero-order chi connectivity index (χ0) is 29.2. The largest absolute Gasteiger partial charge is 0.517 e. The van der Waals surface area contributed by atoms with Crippen LogP contribution in [-0.2, 0) is 20.3 Å². The quantitative estimate of drug-likeness (QED) is 0.187. The smallest absolute Gasteiger partial charge is 0.398 e. The molecule has 2 aliphatic rings. The second kappa shape index (κ2) is 9.39. The summed E-state index contributed by atoms with van der Waals surface area (Å²) >= 11 is 0. The highest BCUT2D eigenvalue weighted by atomic mass is 16.7. The van der Waals surface area contributed by atoms with Crippen molar-refractivity contribution in [2.45, 2.75) is 62.7 Å². The van der Waals surface area contributed by atoms with Crippen LogP contribution in [0.15, 0.2) is 103 Å². The lowest BCUT2D eigenvalue weighted by molar-refractivity contribution is 0.00578. The number of nitriles is 1.